The third-order valence-corrected chi connectivity index (χ3v) is 3.36. The van der Waals surface area contributed by atoms with Gasteiger partial charge in [-0.25, -0.2) is 4.39 Å². The van der Waals surface area contributed by atoms with Crippen LogP contribution in [0.1, 0.15) is 15.9 Å². The second kappa shape index (κ2) is 4.17. The Labute approximate surface area is 110 Å². The number of benzene rings is 2. The van der Waals surface area contributed by atoms with Crippen molar-refractivity contribution in [2.75, 3.05) is 12.4 Å². The van der Waals surface area contributed by atoms with Gasteiger partial charge in [-0.15, -0.1) is 0 Å². The fourth-order valence-electron chi connectivity index (χ4n) is 2.38. The lowest BCUT2D eigenvalue weighted by Crippen LogP contribution is -2.40. The van der Waals surface area contributed by atoms with Gasteiger partial charge < -0.3 is 10.1 Å². The number of hydrogen-bond acceptors (Lipinski definition) is 3. The van der Waals surface area contributed by atoms with Gasteiger partial charge in [0.05, 0.1) is 0 Å². The number of halogens is 1. The Morgan fingerprint density at radius 3 is 2.42 bits per heavy atom. The van der Waals surface area contributed by atoms with Crippen molar-refractivity contribution in [3.63, 3.8) is 0 Å². The number of carbonyl (C=O) groups excluding carboxylic acids is 1. The summed E-state index contributed by atoms with van der Waals surface area (Å²) in [7, 11) is 1.46. The molecule has 1 aliphatic rings. The van der Waals surface area contributed by atoms with Crippen LogP contribution in [0, 0.1) is 5.82 Å². The lowest BCUT2D eigenvalue weighted by Gasteiger charge is -2.27. The van der Waals surface area contributed by atoms with Crippen LogP contribution in [0.3, 0.4) is 0 Å². The fraction of sp³-hybridized carbons (Fsp3) is 0.133. The number of fused-ring (bicyclic) bond motifs is 1. The Morgan fingerprint density at radius 1 is 1.11 bits per heavy atom. The van der Waals surface area contributed by atoms with Crippen LogP contribution >= 0.6 is 0 Å². The summed E-state index contributed by atoms with van der Waals surface area (Å²) in [4.78, 5) is 12.6. The van der Waals surface area contributed by atoms with Gasteiger partial charge in [0.1, 0.15) is 5.82 Å². The number of para-hydroxylation sites is 1. The van der Waals surface area contributed by atoms with Crippen LogP contribution in [-0.2, 0) is 10.5 Å². The minimum Gasteiger partial charge on any atom is -0.348 e. The van der Waals surface area contributed by atoms with E-state index in [1.807, 2.05) is 12.1 Å². The molecule has 1 unspecified atom stereocenters. The van der Waals surface area contributed by atoms with Crippen molar-refractivity contribution in [1.29, 1.82) is 0 Å². The van der Waals surface area contributed by atoms with E-state index in [-0.39, 0.29) is 11.6 Å². The molecule has 0 saturated carbocycles. The first-order valence-corrected chi connectivity index (χ1v) is 5.90. The maximum absolute atomic E-state index is 13.0. The first-order chi connectivity index (χ1) is 9.17. The van der Waals surface area contributed by atoms with Crippen LogP contribution in [0.15, 0.2) is 48.5 Å². The summed E-state index contributed by atoms with van der Waals surface area (Å²) in [6.07, 6.45) is 0. The Balaban J connectivity index is 2.12. The second-order valence-electron chi connectivity index (χ2n) is 4.39. The normalized spacial score (nSPS) is 21.1. The zero-order valence-corrected chi connectivity index (χ0v) is 10.3. The molecule has 0 bridgehead atoms. The molecule has 3 rings (SSSR count). The number of rotatable bonds is 2. The SMILES string of the molecule is COC1(c2ccc(F)cc2)Nc2ccccc2C1=O. The molecule has 0 fully saturated rings. The number of carbonyl (C=O) groups is 1. The van der Waals surface area contributed by atoms with Gasteiger partial charge in [-0.1, -0.05) is 24.3 Å². The molecule has 1 aliphatic heterocycles. The molecule has 0 amide bonds. The van der Waals surface area contributed by atoms with Crippen LogP contribution in [0.2, 0.25) is 0 Å². The summed E-state index contributed by atoms with van der Waals surface area (Å²) in [6.45, 7) is 0. The van der Waals surface area contributed by atoms with Gasteiger partial charge in [0, 0.05) is 23.9 Å². The average Bonchev–Trinajstić information content (AvgIpc) is 2.74. The molecule has 1 heterocycles. The van der Waals surface area contributed by atoms with E-state index in [0.29, 0.717) is 11.1 Å². The zero-order chi connectivity index (χ0) is 13.5. The molecule has 0 aliphatic carbocycles. The summed E-state index contributed by atoms with van der Waals surface area (Å²) >= 11 is 0. The molecule has 96 valence electrons. The highest BCUT2D eigenvalue weighted by Gasteiger charge is 2.47. The minimum absolute atomic E-state index is 0.169. The number of anilines is 1. The number of ketones is 1. The summed E-state index contributed by atoms with van der Waals surface area (Å²) in [5, 5.41) is 3.09. The first kappa shape index (κ1) is 11.9. The summed E-state index contributed by atoms with van der Waals surface area (Å²) in [6, 6.07) is 12.9. The van der Waals surface area contributed by atoms with E-state index in [9.17, 15) is 9.18 Å². The van der Waals surface area contributed by atoms with Gasteiger partial charge >= 0.3 is 0 Å². The standard InChI is InChI=1S/C15H12FNO2/c1-19-15(10-6-8-11(16)9-7-10)14(18)12-4-2-3-5-13(12)17-15/h2-9,17H,1H3. The number of ether oxygens (including phenoxy) is 1. The van der Waals surface area contributed by atoms with Crippen molar-refractivity contribution in [3.05, 3.63) is 65.5 Å². The summed E-state index contributed by atoms with van der Waals surface area (Å²) < 4.78 is 18.5. The van der Waals surface area contributed by atoms with Gasteiger partial charge in [0.2, 0.25) is 11.5 Å². The third-order valence-electron chi connectivity index (χ3n) is 3.36. The van der Waals surface area contributed by atoms with Crippen LogP contribution in [-0.4, -0.2) is 12.9 Å². The lowest BCUT2D eigenvalue weighted by molar-refractivity contribution is 0.0194. The molecule has 1 atom stereocenters. The van der Waals surface area contributed by atoms with E-state index in [4.69, 9.17) is 4.74 Å². The number of hydrogen-bond donors (Lipinski definition) is 1. The summed E-state index contributed by atoms with van der Waals surface area (Å²) in [5.41, 5.74) is 0.613. The van der Waals surface area contributed by atoms with Crippen molar-refractivity contribution in [2.24, 2.45) is 0 Å². The lowest BCUT2D eigenvalue weighted by atomic mass is 9.97. The monoisotopic (exact) mass is 257 g/mol. The quantitative estimate of drug-likeness (QED) is 0.899. The zero-order valence-electron chi connectivity index (χ0n) is 10.3. The largest absolute Gasteiger partial charge is 0.348 e. The van der Waals surface area contributed by atoms with Crippen LogP contribution in [0.4, 0.5) is 10.1 Å². The Kier molecular flexibility index (Phi) is 2.61. The van der Waals surface area contributed by atoms with Crippen molar-refractivity contribution in [3.8, 4) is 0 Å². The predicted molar refractivity (Wildman–Crippen MR) is 69.5 cm³/mol. The molecule has 1 N–H and O–H groups in total. The van der Waals surface area contributed by atoms with E-state index in [1.54, 1.807) is 24.3 Å². The molecule has 19 heavy (non-hydrogen) atoms. The van der Waals surface area contributed by atoms with E-state index in [0.717, 1.165) is 5.69 Å². The fourth-order valence-corrected chi connectivity index (χ4v) is 2.38. The Hall–Kier alpha value is -2.20. The van der Waals surface area contributed by atoms with Crippen LogP contribution in [0.5, 0.6) is 0 Å². The van der Waals surface area contributed by atoms with E-state index >= 15 is 0 Å². The number of Topliss-reactive ketones (excluding diaryl/α,β-unsaturated/α-hetero) is 1. The first-order valence-electron chi connectivity index (χ1n) is 5.90. The summed E-state index contributed by atoms with van der Waals surface area (Å²) in [5.74, 6) is -0.518. The highest BCUT2D eigenvalue weighted by molar-refractivity contribution is 6.12. The van der Waals surface area contributed by atoms with Gasteiger partial charge in [-0.05, 0) is 24.3 Å². The Bertz CT molecular complexity index is 639. The highest BCUT2D eigenvalue weighted by Crippen LogP contribution is 2.39. The highest BCUT2D eigenvalue weighted by atomic mass is 19.1. The molecule has 2 aromatic carbocycles. The van der Waals surface area contributed by atoms with Gasteiger partial charge in [0.15, 0.2) is 0 Å². The molecule has 4 heteroatoms. The van der Waals surface area contributed by atoms with Crippen LogP contribution in [0.25, 0.3) is 0 Å². The van der Waals surface area contributed by atoms with Crippen LogP contribution < -0.4 is 5.32 Å². The Morgan fingerprint density at radius 2 is 1.79 bits per heavy atom. The molecule has 0 aromatic heterocycles. The average molecular weight is 257 g/mol. The van der Waals surface area contributed by atoms with Crippen molar-refractivity contribution in [2.45, 2.75) is 5.72 Å². The molecule has 3 nitrogen and oxygen atoms in total. The molecular weight excluding hydrogens is 245 g/mol. The van der Waals surface area contributed by atoms with E-state index in [1.165, 1.54) is 19.2 Å². The van der Waals surface area contributed by atoms with Gasteiger partial charge in [-0.2, -0.15) is 0 Å². The topological polar surface area (TPSA) is 38.3 Å². The molecule has 2 aromatic rings. The van der Waals surface area contributed by atoms with E-state index in [2.05, 4.69) is 5.32 Å². The van der Waals surface area contributed by atoms with Crippen molar-refractivity contribution < 1.29 is 13.9 Å². The van der Waals surface area contributed by atoms with Gasteiger partial charge in [0.25, 0.3) is 0 Å². The minimum atomic E-state index is -1.27. The van der Waals surface area contributed by atoms with E-state index < -0.39 is 5.72 Å². The van der Waals surface area contributed by atoms with Crippen molar-refractivity contribution >= 4 is 11.5 Å². The third kappa shape index (κ3) is 1.64. The maximum atomic E-state index is 13.0. The molecule has 0 radical (unpaired) electrons. The smallest absolute Gasteiger partial charge is 0.230 e. The second-order valence-corrected chi connectivity index (χ2v) is 4.39. The molecule has 0 saturated heterocycles. The van der Waals surface area contributed by atoms with Gasteiger partial charge in [-0.3, -0.25) is 4.79 Å². The number of methoxy groups -OCH3 is 1. The number of nitrogens with one attached hydrogen (secondary N) is 1. The molecule has 0 spiro atoms. The maximum Gasteiger partial charge on any atom is 0.230 e. The van der Waals surface area contributed by atoms with Crippen molar-refractivity contribution in [1.82, 2.24) is 0 Å². The molecular formula is C15H12FNO2. The predicted octanol–water partition coefficient (Wildman–Crippen LogP) is 2.93.